The van der Waals surface area contributed by atoms with Crippen LogP contribution in [0.1, 0.15) is 32.7 Å². The van der Waals surface area contributed by atoms with E-state index in [2.05, 4.69) is 0 Å². The molecule has 0 bridgehead atoms. The van der Waals surface area contributed by atoms with Gasteiger partial charge in [-0.15, -0.1) is 0 Å². The van der Waals surface area contributed by atoms with Gasteiger partial charge in [0.25, 0.3) is 5.56 Å². The van der Waals surface area contributed by atoms with Gasteiger partial charge in [0.1, 0.15) is 13.6 Å². The number of hydrogen-bond donors (Lipinski definition) is 1. The zero-order valence-electron chi connectivity index (χ0n) is 17.0. The van der Waals surface area contributed by atoms with Crippen LogP contribution in [0.25, 0.3) is 12.2 Å². The van der Waals surface area contributed by atoms with Gasteiger partial charge >= 0.3 is 5.97 Å². The molecule has 2 aromatic carbocycles. The van der Waals surface area contributed by atoms with Gasteiger partial charge in [-0.1, -0.05) is 41.9 Å². The first kappa shape index (κ1) is 21.2. The van der Waals surface area contributed by atoms with Crippen molar-refractivity contribution < 1.29 is 14.6 Å². The number of carboxylic acids is 1. The lowest BCUT2D eigenvalue weighted by molar-refractivity contribution is 0.0697. The van der Waals surface area contributed by atoms with Crippen molar-refractivity contribution in [3.05, 3.63) is 92.9 Å². The van der Waals surface area contributed by atoms with E-state index in [1.54, 1.807) is 48.9 Å². The quantitative estimate of drug-likeness (QED) is 0.620. The van der Waals surface area contributed by atoms with Crippen molar-refractivity contribution in [3.63, 3.8) is 0 Å². The molecule has 6 heteroatoms. The van der Waals surface area contributed by atoms with Crippen LogP contribution in [0, 0.1) is 6.92 Å². The second-order valence-corrected chi connectivity index (χ2v) is 6.99. The number of methoxy groups -OCH3 is 1. The fourth-order valence-electron chi connectivity index (χ4n) is 3.23. The monoisotopic (exact) mass is 399 g/mol. The van der Waals surface area contributed by atoms with Crippen LogP contribution in [0.2, 0.25) is 0 Å². The van der Waals surface area contributed by atoms with Gasteiger partial charge in [-0.25, -0.2) is 4.79 Å². The van der Waals surface area contributed by atoms with Gasteiger partial charge in [0.05, 0.1) is 12.7 Å². The fourth-order valence-corrected chi connectivity index (χ4v) is 3.23. The van der Waals surface area contributed by atoms with Crippen LogP contribution in [0.5, 0.6) is 5.75 Å². The third-order valence-corrected chi connectivity index (χ3v) is 4.89. The first-order valence-corrected chi connectivity index (χ1v) is 9.53. The van der Waals surface area contributed by atoms with Gasteiger partial charge < -0.3 is 14.4 Å². The van der Waals surface area contributed by atoms with Crippen LogP contribution >= 0.6 is 0 Å². The van der Waals surface area contributed by atoms with Crippen LogP contribution < -0.4 is 15.8 Å². The van der Waals surface area contributed by atoms with Gasteiger partial charge in [-0.2, -0.15) is 0 Å². The highest BCUT2D eigenvalue weighted by atomic mass is 16.5. The van der Waals surface area contributed by atoms with Crippen LogP contribution in [-0.2, 0) is 13.0 Å². The maximum atomic E-state index is 12.8. The molecule has 3 aromatic rings. The number of hydrogen-bond acceptors (Lipinski definition) is 3. The van der Waals surface area contributed by atoms with Gasteiger partial charge in [0.15, 0.2) is 0 Å². The zero-order valence-corrected chi connectivity index (χ0v) is 17.0. The minimum Gasteiger partial charge on any atom is -0.497 e. The predicted octanol–water partition coefficient (Wildman–Crippen LogP) is 3.07. The lowest BCUT2D eigenvalue weighted by Gasteiger charge is -2.15. The van der Waals surface area contributed by atoms with E-state index >= 15 is 0 Å². The minimum absolute atomic E-state index is 0.100. The topological polar surface area (TPSA) is 68.5 Å². The zero-order chi connectivity index (χ0) is 21.7. The molecule has 0 saturated heterocycles. The van der Waals surface area contributed by atoms with E-state index in [0.29, 0.717) is 29.7 Å². The van der Waals surface area contributed by atoms with Crippen molar-refractivity contribution >= 4 is 31.4 Å². The van der Waals surface area contributed by atoms with Crippen molar-refractivity contribution in [2.45, 2.75) is 19.9 Å². The lowest BCUT2D eigenvalue weighted by Crippen LogP contribution is -2.31. The van der Waals surface area contributed by atoms with Gasteiger partial charge in [0, 0.05) is 17.8 Å². The number of benzene rings is 2. The second kappa shape index (κ2) is 9.31. The lowest BCUT2D eigenvalue weighted by atomic mass is 9.91. The number of carbonyl (C=O) groups is 1. The Bertz CT molecular complexity index is 1150. The third-order valence-electron chi connectivity index (χ3n) is 4.89. The normalized spacial score (nSPS) is 11.0. The Morgan fingerprint density at radius 1 is 1.13 bits per heavy atom. The molecule has 150 valence electrons. The summed E-state index contributed by atoms with van der Waals surface area (Å²) in [5.41, 5.74) is 3.73. The van der Waals surface area contributed by atoms with Gasteiger partial charge in [-0.3, -0.25) is 4.79 Å². The summed E-state index contributed by atoms with van der Waals surface area (Å²) in [7, 11) is 7.85. The number of aromatic carboxylic acids is 1. The van der Waals surface area contributed by atoms with Gasteiger partial charge in [0.2, 0.25) is 0 Å². The molecule has 1 aromatic heterocycles. The standard InChI is InChI=1S/C24H22BNO4/c1-16-14-21(25)22(11-8-18-4-3-5-20(15-18)30-2)26(23(16)27)13-12-17-6-9-19(10-7-17)24(28)29/h3-11,14-15H,12-13H2,1-2H3,(H,28,29)/b11-8+. The van der Waals surface area contributed by atoms with Gasteiger partial charge in [-0.05, 0) is 54.8 Å². The molecule has 3 rings (SSSR count). The Morgan fingerprint density at radius 3 is 2.53 bits per heavy atom. The Balaban J connectivity index is 1.90. The van der Waals surface area contributed by atoms with Crippen LogP contribution in [0.3, 0.4) is 0 Å². The number of aromatic nitrogens is 1. The molecule has 0 atom stereocenters. The van der Waals surface area contributed by atoms with Crippen molar-refractivity contribution in [1.82, 2.24) is 4.57 Å². The summed E-state index contributed by atoms with van der Waals surface area (Å²) in [4.78, 5) is 23.8. The van der Waals surface area contributed by atoms with E-state index in [0.717, 1.165) is 16.9 Å². The molecular formula is C24H22BNO4. The smallest absolute Gasteiger partial charge is 0.335 e. The summed E-state index contributed by atoms with van der Waals surface area (Å²) in [6.07, 6.45) is 4.29. The number of nitrogens with zero attached hydrogens (tertiary/aromatic N) is 1. The molecular weight excluding hydrogens is 377 g/mol. The number of carboxylic acid groups (broad SMARTS) is 1. The van der Waals surface area contributed by atoms with Crippen molar-refractivity contribution in [2.24, 2.45) is 0 Å². The van der Waals surface area contributed by atoms with E-state index in [1.807, 2.05) is 36.4 Å². The molecule has 0 aliphatic rings. The number of aryl methyl sites for hydroxylation is 2. The predicted molar refractivity (Wildman–Crippen MR) is 120 cm³/mol. The van der Waals surface area contributed by atoms with Crippen molar-refractivity contribution in [1.29, 1.82) is 0 Å². The largest absolute Gasteiger partial charge is 0.497 e. The molecule has 1 N–H and O–H groups in total. The first-order chi connectivity index (χ1) is 14.4. The number of rotatable bonds is 7. The average Bonchev–Trinajstić information content (AvgIpc) is 2.75. The summed E-state index contributed by atoms with van der Waals surface area (Å²) < 4.78 is 6.91. The maximum Gasteiger partial charge on any atom is 0.335 e. The summed E-state index contributed by atoms with van der Waals surface area (Å²) in [5.74, 6) is -0.217. The maximum absolute atomic E-state index is 12.8. The van der Waals surface area contributed by atoms with Crippen LogP contribution in [0.15, 0.2) is 59.4 Å². The summed E-state index contributed by atoms with van der Waals surface area (Å²) in [6, 6.07) is 15.9. The SMILES string of the molecule is [B]c1cc(C)c(=O)n(CCc2ccc(C(=O)O)cc2)c1/C=C/c1cccc(OC)c1. The summed E-state index contributed by atoms with van der Waals surface area (Å²) in [5, 5.41) is 9.03. The molecule has 0 unspecified atom stereocenters. The Labute approximate surface area is 176 Å². The van der Waals surface area contributed by atoms with E-state index in [-0.39, 0.29) is 11.1 Å². The van der Waals surface area contributed by atoms with E-state index in [4.69, 9.17) is 17.7 Å². The molecule has 2 radical (unpaired) electrons. The molecule has 0 saturated carbocycles. The molecule has 1 heterocycles. The number of pyridine rings is 1. The third kappa shape index (κ3) is 4.89. The summed E-state index contributed by atoms with van der Waals surface area (Å²) in [6.45, 7) is 2.17. The fraction of sp³-hybridized carbons (Fsp3) is 0.167. The summed E-state index contributed by atoms with van der Waals surface area (Å²) >= 11 is 0. The number of ether oxygens (including phenoxy) is 1. The molecule has 0 fully saturated rings. The molecule has 0 aliphatic heterocycles. The average molecular weight is 399 g/mol. The second-order valence-electron chi connectivity index (χ2n) is 6.99. The highest BCUT2D eigenvalue weighted by Gasteiger charge is 2.09. The van der Waals surface area contributed by atoms with Crippen LogP contribution in [-0.4, -0.2) is 30.6 Å². The molecule has 30 heavy (non-hydrogen) atoms. The minimum atomic E-state index is -0.964. The van der Waals surface area contributed by atoms with Crippen LogP contribution in [0.4, 0.5) is 0 Å². The Hall–Kier alpha value is -3.54. The molecule has 5 nitrogen and oxygen atoms in total. The first-order valence-electron chi connectivity index (χ1n) is 9.53. The highest BCUT2D eigenvalue weighted by molar-refractivity contribution is 6.34. The van der Waals surface area contributed by atoms with Crippen molar-refractivity contribution in [2.75, 3.05) is 7.11 Å². The van der Waals surface area contributed by atoms with Crippen molar-refractivity contribution in [3.8, 4) is 5.75 Å². The molecule has 0 amide bonds. The Morgan fingerprint density at radius 2 is 1.87 bits per heavy atom. The molecule has 0 aliphatic carbocycles. The molecule has 0 spiro atoms. The van der Waals surface area contributed by atoms with E-state index in [1.165, 1.54) is 0 Å². The van der Waals surface area contributed by atoms with E-state index < -0.39 is 5.97 Å². The Kier molecular flexibility index (Phi) is 6.57. The van der Waals surface area contributed by atoms with E-state index in [9.17, 15) is 9.59 Å². The highest BCUT2D eigenvalue weighted by Crippen LogP contribution is 2.15.